The van der Waals surface area contributed by atoms with E-state index in [4.69, 9.17) is 0 Å². The van der Waals surface area contributed by atoms with E-state index in [2.05, 4.69) is 20.9 Å². The second-order valence-electron chi connectivity index (χ2n) is 5.89. The van der Waals surface area contributed by atoms with Gasteiger partial charge in [-0.2, -0.15) is 0 Å². The predicted octanol–water partition coefficient (Wildman–Crippen LogP) is 2.18. The molecule has 0 atom stereocenters. The number of nitrogens with zero attached hydrogens (tertiary/aromatic N) is 1. The largest absolute Gasteiger partial charge is 0.348 e. The summed E-state index contributed by atoms with van der Waals surface area (Å²) in [6, 6.07) is 10.0. The number of nitrogens with one attached hydrogen (secondary N) is 3. The molecular weight excluding hydrogens is 320 g/mol. The predicted molar refractivity (Wildman–Crippen MR) is 93.4 cm³/mol. The number of amides is 3. The Morgan fingerprint density at radius 2 is 1.72 bits per heavy atom. The minimum atomic E-state index is -0.358. The number of benzene rings is 1. The van der Waals surface area contributed by atoms with E-state index in [1.54, 1.807) is 30.3 Å². The lowest BCUT2D eigenvalue weighted by Crippen LogP contribution is -2.26. The fourth-order valence-electron chi connectivity index (χ4n) is 2.26. The molecule has 7 nitrogen and oxygen atoms in total. The van der Waals surface area contributed by atoms with Gasteiger partial charge in [0.2, 0.25) is 5.91 Å². The van der Waals surface area contributed by atoms with Gasteiger partial charge in [-0.3, -0.25) is 19.4 Å². The van der Waals surface area contributed by atoms with Gasteiger partial charge in [-0.05, 0) is 43.2 Å². The third-order valence-corrected chi connectivity index (χ3v) is 3.61. The lowest BCUT2D eigenvalue weighted by Gasteiger charge is -2.09. The van der Waals surface area contributed by atoms with Crippen molar-refractivity contribution >= 4 is 29.1 Å². The maximum absolute atomic E-state index is 12.4. The van der Waals surface area contributed by atoms with Gasteiger partial charge >= 0.3 is 0 Å². The summed E-state index contributed by atoms with van der Waals surface area (Å²) in [7, 11) is 0. The van der Waals surface area contributed by atoms with E-state index in [1.165, 1.54) is 19.2 Å². The van der Waals surface area contributed by atoms with Crippen molar-refractivity contribution in [3.63, 3.8) is 0 Å². The van der Waals surface area contributed by atoms with E-state index in [0.29, 0.717) is 16.9 Å². The van der Waals surface area contributed by atoms with Crippen molar-refractivity contribution in [3.8, 4) is 0 Å². The third-order valence-electron chi connectivity index (χ3n) is 3.61. The number of aromatic nitrogens is 1. The summed E-state index contributed by atoms with van der Waals surface area (Å²) in [6.45, 7) is 1.41. The highest BCUT2D eigenvalue weighted by molar-refractivity contribution is 6.06. The quantitative estimate of drug-likeness (QED) is 0.778. The van der Waals surface area contributed by atoms with Crippen LogP contribution in [0.15, 0.2) is 42.6 Å². The molecule has 1 heterocycles. The molecule has 0 bridgehead atoms. The second kappa shape index (κ2) is 7.12. The first-order valence-electron chi connectivity index (χ1n) is 7.97. The van der Waals surface area contributed by atoms with Gasteiger partial charge in [0.05, 0.1) is 0 Å². The van der Waals surface area contributed by atoms with Crippen molar-refractivity contribution in [2.45, 2.75) is 25.8 Å². The highest BCUT2D eigenvalue weighted by Gasteiger charge is 2.24. The van der Waals surface area contributed by atoms with Crippen LogP contribution in [0.4, 0.5) is 11.4 Å². The van der Waals surface area contributed by atoms with Crippen molar-refractivity contribution in [2.24, 2.45) is 0 Å². The molecule has 128 valence electrons. The zero-order valence-corrected chi connectivity index (χ0v) is 13.7. The summed E-state index contributed by atoms with van der Waals surface area (Å²) >= 11 is 0. The average molecular weight is 338 g/mol. The van der Waals surface area contributed by atoms with Crippen LogP contribution in [-0.2, 0) is 4.79 Å². The van der Waals surface area contributed by atoms with Crippen LogP contribution in [-0.4, -0.2) is 28.7 Å². The molecule has 3 N–H and O–H groups in total. The van der Waals surface area contributed by atoms with Crippen LogP contribution in [0.3, 0.4) is 0 Å². The number of anilines is 2. The topological polar surface area (TPSA) is 100 Å². The third kappa shape index (κ3) is 4.63. The van der Waals surface area contributed by atoms with Crippen LogP contribution in [0, 0.1) is 0 Å². The summed E-state index contributed by atoms with van der Waals surface area (Å²) < 4.78 is 0. The number of carbonyl (C=O) groups is 3. The Labute approximate surface area is 144 Å². The van der Waals surface area contributed by atoms with E-state index in [-0.39, 0.29) is 29.5 Å². The fraction of sp³-hybridized carbons (Fsp3) is 0.222. The molecule has 25 heavy (non-hydrogen) atoms. The van der Waals surface area contributed by atoms with Crippen LogP contribution in [0.2, 0.25) is 0 Å². The van der Waals surface area contributed by atoms with E-state index < -0.39 is 0 Å². The molecule has 1 aromatic carbocycles. The van der Waals surface area contributed by atoms with Gasteiger partial charge in [0.25, 0.3) is 11.8 Å². The molecule has 1 fully saturated rings. The van der Waals surface area contributed by atoms with E-state index >= 15 is 0 Å². The lowest BCUT2D eigenvalue weighted by atomic mass is 10.2. The number of pyridine rings is 1. The Bertz CT molecular complexity index is 831. The molecule has 1 aromatic heterocycles. The highest BCUT2D eigenvalue weighted by atomic mass is 16.2. The molecule has 3 amide bonds. The zero-order chi connectivity index (χ0) is 17.8. The monoisotopic (exact) mass is 338 g/mol. The molecule has 0 saturated heterocycles. The van der Waals surface area contributed by atoms with Gasteiger partial charge in [0.15, 0.2) is 0 Å². The standard InChI is InChI=1S/C18H18N4O3/c1-11(23)20-14-3-2-4-15(10-14)22-17(24)12-7-8-19-16(9-12)18(25)21-13-5-6-13/h2-4,7-10,13H,5-6H2,1H3,(H,20,23)(H,21,25)(H,22,24). The number of hydrogen-bond donors (Lipinski definition) is 3. The summed E-state index contributed by atoms with van der Waals surface area (Å²) in [5.74, 6) is -0.823. The van der Waals surface area contributed by atoms with E-state index in [1.807, 2.05) is 0 Å². The van der Waals surface area contributed by atoms with Crippen LogP contribution in [0.5, 0.6) is 0 Å². The minimum absolute atomic E-state index is 0.191. The molecule has 0 radical (unpaired) electrons. The highest BCUT2D eigenvalue weighted by Crippen LogP contribution is 2.19. The van der Waals surface area contributed by atoms with Crippen LogP contribution in [0.25, 0.3) is 0 Å². The SMILES string of the molecule is CC(=O)Nc1cccc(NC(=O)c2ccnc(C(=O)NC3CC3)c2)c1. The maximum Gasteiger partial charge on any atom is 0.270 e. The van der Waals surface area contributed by atoms with Gasteiger partial charge in [-0.15, -0.1) is 0 Å². The van der Waals surface area contributed by atoms with Crippen molar-refractivity contribution in [1.82, 2.24) is 10.3 Å². The smallest absolute Gasteiger partial charge is 0.270 e. The molecular formula is C18H18N4O3. The van der Waals surface area contributed by atoms with Crippen molar-refractivity contribution < 1.29 is 14.4 Å². The van der Waals surface area contributed by atoms with Gasteiger partial charge in [-0.25, -0.2) is 0 Å². The Kier molecular flexibility index (Phi) is 4.74. The minimum Gasteiger partial charge on any atom is -0.348 e. The molecule has 7 heteroatoms. The summed E-state index contributed by atoms with van der Waals surface area (Å²) in [5.41, 5.74) is 1.67. The molecule has 0 unspecified atom stereocenters. The van der Waals surface area contributed by atoms with Crippen LogP contribution in [0.1, 0.15) is 40.6 Å². The summed E-state index contributed by atoms with van der Waals surface area (Å²) in [6.07, 6.45) is 3.40. The fourth-order valence-corrected chi connectivity index (χ4v) is 2.26. The molecule has 1 aliphatic rings. The Hall–Kier alpha value is -3.22. The van der Waals surface area contributed by atoms with Crippen LogP contribution >= 0.6 is 0 Å². The Balaban J connectivity index is 1.70. The summed E-state index contributed by atoms with van der Waals surface area (Å²) in [5, 5.41) is 8.23. The number of rotatable bonds is 5. The number of carbonyl (C=O) groups excluding carboxylic acids is 3. The van der Waals surface area contributed by atoms with Crippen molar-refractivity contribution in [1.29, 1.82) is 0 Å². The van der Waals surface area contributed by atoms with Crippen molar-refractivity contribution in [3.05, 3.63) is 53.9 Å². The first-order valence-corrected chi connectivity index (χ1v) is 7.97. The maximum atomic E-state index is 12.4. The first kappa shape index (κ1) is 16.6. The van der Waals surface area contributed by atoms with Gasteiger partial charge < -0.3 is 16.0 Å². The lowest BCUT2D eigenvalue weighted by molar-refractivity contribution is -0.114. The van der Waals surface area contributed by atoms with Gasteiger partial charge in [0.1, 0.15) is 5.69 Å². The molecule has 0 spiro atoms. The zero-order valence-electron chi connectivity index (χ0n) is 13.7. The first-order chi connectivity index (χ1) is 12.0. The average Bonchev–Trinajstić information content (AvgIpc) is 3.38. The van der Waals surface area contributed by atoms with Gasteiger partial charge in [0, 0.05) is 36.1 Å². The Morgan fingerprint density at radius 1 is 1.00 bits per heavy atom. The molecule has 3 rings (SSSR count). The van der Waals surface area contributed by atoms with E-state index in [9.17, 15) is 14.4 Å². The molecule has 1 saturated carbocycles. The normalized spacial score (nSPS) is 13.0. The summed E-state index contributed by atoms with van der Waals surface area (Å²) in [4.78, 5) is 39.6. The van der Waals surface area contributed by atoms with Gasteiger partial charge in [-0.1, -0.05) is 6.07 Å². The molecule has 2 aromatic rings. The number of hydrogen-bond acceptors (Lipinski definition) is 4. The molecule has 0 aliphatic heterocycles. The van der Waals surface area contributed by atoms with E-state index in [0.717, 1.165) is 12.8 Å². The Morgan fingerprint density at radius 3 is 2.40 bits per heavy atom. The van der Waals surface area contributed by atoms with Crippen LogP contribution < -0.4 is 16.0 Å². The molecule has 1 aliphatic carbocycles. The second-order valence-corrected chi connectivity index (χ2v) is 5.89. The van der Waals surface area contributed by atoms with Crippen molar-refractivity contribution in [2.75, 3.05) is 10.6 Å².